The molecule has 1 atom stereocenters. The van der Waals surface area contributed by atoms with Gasteiger partial charge in [0, 0.05) is 10.8 Å². The van der Waals surface area contributed by atoms with Gasteiger partial charge < -0.3 is 0 Å². The van der Waals surface area contributed by atoms with Crippen molar-refractivity contribution in [2.24, 2.45) is 5.41 Å². The molecule has 4 heteroatoms. The summed E-state index contributed by atoms with van der Waals surface area (Å²) in [7, 11) is 0. The van der Waals surface area contributed by atoms with E-state index in [0.29, 0.717) is 5.88 Å². The van der Waals surface area contributed by atoms with E-state index in [-0.39, 0.29) is 5.41 Å². The molecular formula is C8H13ClN2S. The molecule has 0 saturated heterocycles. The van der Waals surface area contributed by atoms with Gasteiger partial charge in [-0.15, -0.1) is 16.7 Å². The molecule has 0 aromatic carbocycles. The summed E-state index contributed by atoms with van der Waals surface area (Å²) in [4.78, 5) is 1.22. The SMILES string of the molecule is CCC(C)(CCl)Cc1cnns1. The van der Waals surface area contributed by atoms with Crippen molar-refractivity contribution >= 4 is 23.1 Å². The van der Waals surface area contributed by atoms with Gasteiger partial charge in [0.25, 0.3) is 0 Å². The lowest BCUT2D eigenvalue weighted by Gasteiger charge is -2.23. The van der Waals surface area contributed by atoms with Crippen molar-refractivity contribution in [3.05, 3.63) is 11.1 Å². The van der Waals surface area contributed by atoms with Gasteiger partial charge in [0.15, 0.2) is 0 Å². The summed E-state index contributed by atoms with van der Waals surface area (Å²) < 4.78 is 3.82. The zero-order valence-electron chi connectivity index (χ0n) is 7.38. The lowest BCUT2D eigenvalue weighted by Crippen LogP contribution is -2.19. The fraction of sp³-hybridized carbons (Fsp3) is 0.750. The monoisotopic (exact) mass is 204 g/mol. The number of halogens is 1. The molecule has 0 aliphatic heterocycles. The molecule has 1 aromatic heterocycles. The molecule has 0 saturated carbocycles. The van der Waals surface area contributed by atoms with Crippen LogP contribution in [0.1, 0.15) is 25.1 Å². The summed E-state index contributed by atoms with van der Waals surface area (Å²) in [6.45, 7) is 4.36. The largest absolute Gasteiger partial charge is 0.146 e. The van der Waals surface area contributed by atoms with Crippen molar-refractivity contribution < 1.29 is 0 Å². The van der Waals surface area contributed by atoms with Gasteiger partial charge in [0.1, 0.15) is 0 Å². The highest BCUT2D eigenvalue weighted by Crippen LogP contribution is 2.28. The second-order valence-corrected chi connectivity index (χ2v) is 4.50. The first kappa shape index (κ1) is 9.93. The number of alkyl halides is 1. The highest BCUT2D eigenvalue weighted by Gasteiger charge is 2.22. The van der Waals surface area contributed by atoms with Crippen LogP contribution >= 0.6 is 23.1 Å². The van der Waals surface area contributed by atoms with E-state index in [9.17, 15) is 0 Å². The standard InChI is InChI=1S/C8H13ClN2S/c1-3-8(2,6-9)4-7-5-10-11-12-7/h5H,3-4,6H2,1-2H3. The predicted molar refractivity (Wildman–Crippen MR) is 52.7 cm³/mol. The molecule has 0 aliphatic rings. The quantitative estimate of drug-likeness (QED) is 0.705. The Morgan fingerprint density at radius 3 is 2.83 bits per heavy atom. The molecule has 68 valence electrons. The predicted octanol–water partition coefficient (Wildman–Crippen LogP) is 2.74. The molecule has 0 aliphatic carbocycles. The first-order valence-corrected chi connectivity index (χ1v) is 5.33. The third kappa shape index (κ3) is 2.42. The maximum atomic E-state index is 5.89. The highest BCUT2D eigenvalue weighted by atomic mass is 35.5. The summed E-state index contributed by atoms with van der Waals surface area (Å²) in [5.41, 5.74) is 0.204. The maximum Gasteiger partial charge on any atom is 0.0653 e. The molecule has 0 spiro atoms. The number of nitrogens with zero attached hydrogens (tertiary/aromatic N) is 2. The van der Waals surface area contributed by atoms with Crippen molar-refractivity contribution in [2.45, 2.75) is 26.7 Å². The summed E-state index contributed by atoms with van der Waals surface area (Å²) in [6, 6.07) is 0. The summed E-state index contributed by atoms with van der Waals surface area (Å²) in [5, 5.41) is 3.80. The zero-order chi connectivity index (χ0) is 9.03. The molecule has 0 radical (unpaired) electrons. The Morgan fingerprint density at radius 1 is 1.67 bits per heavy atom. The van der Waals surface area contributed by atoms with Crippen LogP contribution < -0.4 is 0 Å². The van der Waals surface area contributed by atoms with Crippen molar-refractivity contribution in [3.8, 4) is 0 Å². The molecule has 1 heterocycles. The molecule has 0 amide bonds. The summed E-state index contributed by atoms with van der Waals surface area (Å²) >= 11 is 7.35. The van der Waals surface area contributed by atoms with Gasteiger partial charge in [-0.3, -0.25) is 0 Å². The molecule has 1 rings (SSSR count). The van der Waals surface area contributed by atoms with E-state index in [1.807, 2.05) is 6.20 Å². The fourth-order valence-corrected chi connectivity index (χ4v) is 1.94. The molecule has 0 fully saturated rings. The van der Waals surface area contributed by atoms with Gasteiger partial charge in [-0.25, -0.2) is 0 Å². The van der Waals surface area contributed by atoms with E-state index < -0.39 is 0 Å². The Labute approximate surface area is 82.1 Å². The van der Waals surface area contributed by atoms with Crippen LogP contribution in [0.5, 0.6) is 0 Å². The highest BCUT2D eigenvalue weighted by molar-refractivity contribution is 7.05. The average molecular weight is 205 g/mol. The molecule has 0 N–H and O–H groups in total. The minimum absolute atomic E-state index is 0.204. The topological polar surface area (TPSA) is 25.8 Å². The number of aromatic nitrogens is 2. The lowest BCUT2D eigenvalue weighted by molar-refractivity contribution is 0.358. The van der Waals surface area contributed by atoms with E-state index in [1.54, 1.807) is 0 Å². The normalized spacial score (nSPS) is 15.9. The van der Waals surface area contributed by atoms with Crippen LogP contribution in [-0.4, -0.2) is 15.5 Å². The Morgan fingerprint density at radius 2 is 2.42 bits per heavy atom. The molecular weight excluding hydrogens is 192 g/mol. The van der Waals surface area contributed by atoms with Gasteiger partial charge in [-0.2, -0.15) is 0 Å². The van der Waals surface area contributed by atoms with Gasteiger partial charge in [-0.1, -0.05) is 18.3 Å². The van der Waals surface area contributed by atoms with E-state index in [1.165, 1.54) is 16.4 Å². The van der Waals surface area contributed by atoms with Gasteiger partial charge in [-0.05, 0) is 29.8 Å². The fourth-order valence-electron chi connectivity index (χ4n) is 0.953. The first-order valence-electron chi connectivity index (χ1n) is 4.02. The Balaban J connectivity index is 2.60. The molecule has 2 nitrogen and oxygen atoms in total. The Kier molecular flexibility index (Phi) is 3.47. The minimum atomic E-state index is 0.204. The maximum absolute atomic E-state index is 5.89. The van der Waals surface area contributed by atoms with Crippen molar-refractivity contribution in [1.82, 2.24) is 9.59 Å². The van der Waals surface area contributed by atoms with Crippen LogP contribution in [0.25, 0.3) is 0 Å². The number of hydrogen-bond donors (Lipinski definition) is 0. The van der Waals surface area contributed by atoms with Gasteiger partial charge in [0.2, 0.25) is 0 Å². The van der Waals surface area contributed by atoms with Crippen LogP contribution in [0.15, 0.2) is 6.20 Å². The van der Waals surface area contributed by atoms with Crippen molar-refractivity contribution in [2.75, 3.05) is 5.88 Å². The van der Waals surface area contributed by atoms with E-state index in [4.69, 9.17) is 11.6 Å². The van der Waals surface area contributed by atoms with Crippen molar-refractivity contribution in [1.29, 1.82) is 0 Å². The van der Waals surface area contributed by atoms with Gasteiger partial charge >= 0.3 is 0 Å². The Hall–Kier alpha value is -0.150. The van der Waals surface area contributed by atoms with E-state index in [2.05, 4.69) is 23.4 Å². The lowest BCUT2D eigenvalue weighted by atomic mass is 9.86. The third-order valence-corrected chi connectivity index (χ3v) is 3.49. The third-order valence-electron chi connectivity index (χ3n) is 2.18. The van der Waals surface area contributed by atoms with Crippen LogP contribution in [0.3, 0.4) is 0 Å². The first-order chi connectivity index (χ1) is 5.70. The van der Waals surface area contributed by atoms with E-state index >= 15 is 0 Å². The van der Waals surface area contributed by atoms with Crippen LogP contribution in [0, 0.1) is 5.41 Å². The smallest absolute Gasteiger partial charge is 0.0653 e. The van der Waals surface area contributed by atoms with Crippen LogP contribution in [-0.2, 0) is 6.42 Å². The van der Waals surface area contributed by atoms with Gasteiger partial charge in [0.05, 0.1) is 6.20 Å². The number of rotatable bonds is 4. The second-order valence-electron chi connectivity index (χ2n) is 3.36. The average Bonchev–Trinajstić information content (AvgIpc) is 2.57. The zero-order valence-corrected chi connectivity index (χ0v) is 8.95. The van der Waals surface area contributed by atoms with Crippen LogP contribution in [0.2, 0.25) is 0 Å². The second kappa shape index (κ2) is 4.19. The summed E-state index contributed by atoms with van der Waals surface area (Å²) in [6.07, 6.45) is 3.91. The van der Waals surface area contributed by atoms with Crippen molar-refractivity contribution in [3.63, 3.8) is 0 Å². The minimum Gasteiger partial charge on any atom is -0.146 e. The molecule has 0 bridgehead atoms. The molecule has 1 unspecified atom stereocenters. The number of hydrogen-bond acceptors (Lipinski definition) is 3. The van der Waals surface area contributed by atoms with E-state index in [0.717, 1.165) is 12.8 Å². The molecule has 12 heavy (non-hydrogen) atoms. The summed E-state index contributed by atoms with van der Waals surface area (Å²) in [5.74, 6) is 0.696. The molecule has 1 aromatic rings. The van der Waals surface area contributed by atoms with Crippen LogP contribution in [0.4, 0.5) is 0 Å². The Bertz CT molecular complexity index is 219.